The van der Waals surface area contributed by atoms with E-state index in [9.17, 15) is 4.79 Å². The number of allylic oxidation sites excluding steroid dienone is 2. The van der Waals surface area contributed by atoms with Crippen LogP contribution in [0, 0.1) is 5.92 Å². The number of nitrogens with one attached hydrogen (secondary N) is 2. The van der Waals surface area contributed by atoms with E-state index < -0.39 is 0 Å². The van der Waals surface area contributed by atoms with Gasteiger partial charge >= 0.3 is 0 Å². The van der Waals surface area contributed by atoms with Gasteiger partial charge < -0.3 is 15.4 Å². The van der Waals surface area contributed by atoms with Gasteiger partial charge in [0.25, 0.3) is 0 Å². The molecule has 2 N–H and O–H groups in total. The Hall–Kier alpha value is -2.93. The first kappa shape index (κ1) is 25.7. The topological polar surface area (TPSA) is 56.8 Å². The quantitative estimate of drug-likeness (QED) is 0.568. The molecule has 1 aliphatic carbocycles. The normalized spacial score (nSPS) is 29.6. The number of amides is 1. The number of hydrogen-bond acceptors (Lipinski definition) is 5. The zero-order valence-corrected chi connectivity index (χ0v) is 22.2. The molecule has 2 bridgehead atoms. The number of para-hydroxylation sites is 2. The van der Waals surface area contributed by atoms with Gasteiger partial charge in [0.05, 0.1) is 12.2 Å². The van der Waals surface area contributed by atoms with Crippen molar-refractivity contribution < 1.29 is 12.4 Å². The van der Waals surface area contributed by atoms with Crippen molar-refractivity contribution in [2.75, 3.05) is 45.2 Å². The van der Waals surface area contributed by atoms with Gasteiger partial charge in [-0.1, -0.05) is 67.6 Å². The first-order valence-corrected chi connectivity index (χ1v) is 13.7. The van der Waals surface area contributed by atoms with Crippen molar-refractivity contribution >= 4 is 11.6 Å². The molecule has 1 saturated heterocycles. The number of fused-ring (bicyclic) bond motifs is 10. The van der Waals surface area contributed by atoms with Gasteiger partial charge in [-0.15, -0.1) is 0 Å². The lowest BCUT2D eigenvalue weighted by molar-refractivity contribution is -0.117. The molecule has 6 rings (SSSR count). The minimum absolute atomic E-state index is 0. The molecule has 6 nitrogen and oxygen atoms in total. The Labute approximate surface area is 224 Å². The molecule has 6 heteroatoms. The third kappa shape index (κ3) is 5.98. The lowest BCUT2D eigenvalue weighted by Gasteiger charge is -2.49. The van der Waals surface area contributed by atoms with Gasteiger partial charge in [-0.25, -0.2) is 0 Å². The predicted octanol–water partition coefficient (Wildman–Crippen LogP) is 5.48. The second-order valence-electron chi connectivity index (χ2n) is 10.8. The first-order chi connectivity index (χ1) is 18.0. The van der Waals surface area contributed by atoms with E-state index in [0.717, 1.165) is 63.2 Å². The van der Waals surface area contributed by atoms with Crippen LogP contribution in [0.5, 0.6) is 5.75 Å². The van der Waals surface area contributed by atoms with Crippen LogP contribution in [0.1, 0.15) is 47.1 Å². The fourth-order valence-corrected chi connectivity index (χ4v) is 5.93. The lowest BCUT2D eigenvalue weighted by atomic mass is 9.76. The molecule has 3 heterocycles. The zero-order chi connectivity index (χ0) is 25.7. The third-order valence-electron chi connectivity index (χ3n) is 8.12. The predicted molar refractivity (Wildman–Crippen MR) is 154 cm³/mol. The van der Waals surface area contributed by atoms with E-state index in [4.69, 9.17) is 4.74 Å². The molecule has 2 aromatic carbocycles. The highest BCUT2D eigenvalue weighted by Crippen LogP contribution is 2.38. The number of anilines is 1. The van der Waals surface area contributed by atoms with E-state index >= 15 is 0 Å². The largest absolute Gasteiger partial charge is 0.484 e. The van der Waals surface area contributed by atoms with Gasteiger partial charge in [0, 0.05) is 41.1 Å². The average molecular weight is 505 g/mol. The maximum absolute atomic E-state index is 13.1. The van der Waals surface area contributed by atoms with Crippen molar-refractivity contribution in [1.82, 2.24) is 15.1 Å². The summed E-state index contributed by atoms with van der Waals surface area (Å²) in [5.41, 5.74) is 3.27. The summed E-state index contributed by atoms with van der Waals surface area (Å²) in [7, 11) is 2.24. The van der Waals surface area contributed by atoms with E-state index in [1.807, 2.05) is 42.5 Å². The molecular weight excluding hydrogens is 460 g/mol. The Morgan fingerprint density at radius 2 is 1.81 bits per heavy atom. The van der Waals surface area contributed by atoms with Crippen LogP contribution in [0.4, 0.5) is 5.69 Å². The average Bonchev–Trinajstić information content (AvgIpc) is 2.91. The maximum atomic E-state index is 13.1. The monoisotopic (exact) mass is 504 g/mol. The number of carbonyl (C=O) groups excluding carboxylic acids is 1. The van der Waals surface area contributed by atoms with Crippen molar-refractivity contribution in [1.29, 1.82) is 0 Å². The highest BCUT2D eigenvalue weighted by atomic mass is 16.5. The standard InChI is InChI=1S/C31H40N4O2.2H2/c1-24-9-8-12-26(21-24)31-16-19-35(20-17-31)22-30(36)33-27-13-6-7-14-29(27)37-28(15-18-32-23-34(31)2)25-10-4-3-5-11-25;;/h3-8,10-14,21,24,28,32H,9,15-20,22-23H2,1-2H3,(H,33,36);2*1H. The number of ether oxygens (including phenoxy) is 1. The molecule has 37 heavy (non-hydrogen) atoms. The molecule has 200 valence electrons. The van der Waals surface area contributed by atoms with Crippen molar-refractivity contribution in [2.24, 2.45) is 5.92 Å². The number of piperidine rings is 1. The molecule has 3 aliphatic heterocycles. The van der Waals surface area contributed by atoms with Gasteiger partial charge in [-0.2, -0.15) is 0 Å². The van der Waals surface area contributed by atoms with Gasteiger partial charge in [-0.05, 0) is 55.5 Å². The van der Waals surface area contributed by atoms with E-state index in [-0.39, 0.29) is 20.4 Å². The fraction of sp³-hybridized carbons (Fsp3) is 0.452. The van der Waals surface area contributed by atoms with Crippen LogP contribution in [0.15, 0.2) is 78.4 Å². The molecule has 4 aliphatic rings. The highest BCUT2D eigenvalue weighted by molar-refractivity contribution is 5.93. The minimum atomic E-state index is -0.121. The minimum Gasteiger partial charge on any atom is -0.484 e. The second-order valence-corrected chi connectivity index (χ2v) is 10.8. The molecule has 0 aromatic heterocycles. The number of carbonyl (C=O) groups is 1. The van der Waals surface area contributed by atoms with Crippen molar-refractivity contribution in [3.8, 4) is 5.75 Å². The van der Waals surface area contributed by atoms with E-state index in [2.05, 4.69) is 64.8 Å². The van der Waals surface area contributed by atoms with Gasteiger partial charge in [0.1, 0.15) is 11.9 Å². The number of nitrogens with zero attached hydrogens (tertiary/aromatic N) is 2. The summed E-state index contributed by atoms with van der Waals surface area (Å²) < 4.78 is 6.55. The Morgan fingerprint density at radius 3 is 2.59 bits per heavy atom. The number of hydrogen-bond donors (Lipinski definition) is 2. The highest BCUT2D eigenvalue weighted by Gasteiger charge is 2.41. The van der Waals surface area contributed by atoms with Crippen LogP contribution in [-0.2, 0) is 4.79 Å². The molecule has 2 aromatic rings. The fourth-order valence-electron chi connectivity index (χ4n) is 5.93. The third-order valence-corrected chi connectivity index (χ3v) is 8.12. The first-order valence-electron chi connectivity index (χ1n) is 13.7. The summed E-state index contributed by atoms with van der Waals surface area (Å²) in [5, 5.41) is 6.84. The number of rotatable bonds is 2. The molecule has 0 spiro atoms. The van der Waals surface area contributed by atoms with Crippen LogP contribution in [0.2, 0.25) is 0 Å². The van der Waals surface area contributed by atoms with Gasteiger partial charge in [0.15, 0.2) is 0 Å². The van der Waals surface area contributed by atoms with Gasteiger partial charge in [-0.3, -0.25) is 14.6 Å². The van der Waals surface area contributed by atoms with E-state index in [1.165, 1.54) is 5.57 Å². The molecule has 0 radical (unpaired) electrons. The van der Waals surface area contributed by atoms with Crippen LogP contribution in [-0.4, -0.2) is 61.1 Å². The Bertz CT molecular complexity index is 1130. The van der Waals surface area contributed by atoms with Crippen LogP contribution in [0.3, 0.4) is 0 Å². The lowest BCUT2D eigenvalue weighted by Crippen LogP contribution is -2.57. The number of likely N-dealkylation sites (N-methyl/N-ethyl adjacent to an activating group) is 1. The molecule has 1 amide bonds. The summed E-state index contributed by atoms with van der Waals surface area (Å²) in [6.07, 6.45) is 11.0. The molecular formula is C31H44N4O2. The summed E-state index contributed by atoms with van der Waals surface area (Å²) in [6, 6.07) is 18.1. The van der Waals surface area contributed by atoms with E-state index in [0.29, 0.717) is 18.2 Å². The summed E-state index contributed by atoms with van der Waals surface area (Å²) in [4.78, 5) is 17.9. The Kier molecular flexibility index (Phi) is 8.08. The smallest absolute Gasteiger partial charge is 0.238 e. The van der Waals surface area contributed by atoms with Crippen LogP contribution < -0.4 is 15.4 Å². The maximum Gasteiger partial charge on any atom is 0.238 e. The van der Waals surface area contributed by atoms with Crippen LogP contribution in [0.25, 0.3) is 0 Å². The zero-order valence-electron chi connectivity index (χ0n) is 22.2. The second kappa shape index (κ2) is 11.6. The molecule has 0 saturated carbocycles. The Balaban J connectivity index is 0.00000210. The van der Waals surface area contributed by atoms with Crippen molar-refractivity contribution in [2.45, 2.75) is 44.2 Å². The summed E-state index contributed by atoms with van der Waals surface area (Å²) in [6.45, 7) is 6.11. The SMILES string of the molecule is CC1C=C(C23CCN(CC2)CC(=O)Nc2ccccc2OC(c2ccccc2)CCNCN3C)C=CC1.[HH].[HH]. The summed E-state index contributed by atoms with van der Waals surface area (Å²) >= 11 is 0. The molecule has 2 unspecified atom stereocenters. The molecule has 2 atom stereocenters. The van der Waals surface area contributed by atoms with Crippen LogP contribution >= 0.6 is 0 Å². The number of benzene rings is 2. The van der Waals surface area contributed by atoms with Crippen molar-refractivity contribution in [3.05, 3.63) is 84.0 Å². The summed E-state index contributed by atoms with van der Waals surface area (Å²) in [5.74, 6) is 1.27. The Morgan fingerprint density at radius 1 is 1.05 bits per heavy atom. The van der Waals surface area contributed by atoms with Crippen molar-refractivity contribution in [3.63, 3.8) is 0 Å². The van der Waals surface area contributed by atoms with Gasteiger partial charge in [0.2, 0.25) is 5.91 Å². The molecule has 1 fully saturated rings. The van der Waals surface area contributed by atoms with E-state index in [1.54, 1.807) is 0 Å².